The summed E-state index contributed by atoms with van der Waals surface area (Å²) in [7, 11) is 2.00. The van der Waals surface area contributed by atoms with Crippen molar-refractivity contribution in [2.45, 2.75) is 45.3 Å². The number of nitrogens with one attached hydrogen (secondary N) is 1. The molecule has 2 aromatic rings. The zero-order chi connectivity index (χ0) is 18.6. The summed E-state index contributed by atoms with van der Waals surface area (Å²) >= 11 is 1.78. The topological polar surface area (TPSA) is 61.6 Å². The number of guanidine groups is 1. The van der Waals surface area contributed by atoms with Crippen LogP contribution in [0.5, 0.6) is 0 Å². The molecule has 2 aliphatic rings. The molecule has 1 N–H and O–H groups in total. The molecule has 1 unspecified atom stereocenters. The lowest BCUT2D eigenvalue weighted by atomic mass is 10.2. The van der Waals surface area contributed by atoms with E-state index in [1.807, 2.05) is 18.5 Å². The molecule has 0 saturated carbocycles. The smallest absolute Gasteiger partial charge is 0.194 e. The van der Waals surface area contributed by atoms with Gasteiger partial charge < -0.3 is 14.8 Å². The molecular weight excluding hydrogens is 358 g/mol. The van der Waals surface area contributed by atoms with Crippen LogP contribution in [0.4, 0.5) is 0 Å². The van der Waals surface area contributed by atoms with Crippen molar-refractivity contribution in [1.29, 1.82) is 0 Å². The van der Waals surface area contributed by atoms with E-state index in [0.29, 0.717) is 12.6 Å². The van der Waals surface area contributed by atoms with Crippen LogP contribution in [0.2, 0.25) is 0 Å². The second kappa shape index (κ2) is 8.39. The monoisotopic (exact) mass is 387 g/mol. The van der Waals surface area contributed by atoms with Crippen molar-refractivity contribution >= 4 is 17.3 Å². The number of likely N-dealkylation sites (tertiary alicyclic amines) is 2. The third-order valence-corrected chi connectivity index (χ3v) is 6.55. The van der Waals surface area contributed by atoms with E-state index < -0.39 is 0 Å². The van der Waals surface area contributed by atoms with Gasteiger partial charge in [-0.2, -0.15) is 0 Å². The summed E-state index contributed by atoms with van der Waals surface area (Å²) in [5.41, 5.74) is 0. The molecular formula is C19H29N7S. The van der Waals surface area contributed by atoms with Gasteiger partial charge >= 0.3 is 0 Å². The zero-order valence-corrected chi connectivity index (χ0v) is 17.1. The lowest BCUT2D eigenvalue weighted by molar-refractivity contribution is 0.249. The number of thiophene rings is 1. The molecule has 4 heterocycles. The second-order valence-electron chi connectivity index (χ2n) is 7.43. The molecule has 146 valence electrons. The maximum absolute atomic E-state index is 4.90. The third kappa shape index (κ3) is 4.32. The maximum atomic E-state index is 4.90. The highest BCUT2D eigenvalue weighted by molar-refractivity contribution is 7.09. The van der Waals surface area contributed by atoms with Gasteiger partial charge in [0.15, 0.2) is 11.8 Å². The van der Waals surface area contributed by atoms with Gasteiger partial charge in [-0.25, -0.2) is 4.99 Å². The summed E-state index contributed by atoms with van der Waals surface area (Å²) in [6, 6.07) is 4.93. The Labute approximate surface area is 165 Å². The number of aryl methyl sites for hydroxylation is 1. The van der Waals surface area contributed by atoms with Gasteiger partial charge in [0.25, 0.3) is 0 Å². The minimum atomic E-state index is 0.551. The van der Waals surface area contributed by atoms with Gasteiger partial charge in [0.1, 0.15) is 12.4 Å². The van der Waals surface area contributed by atoms with Crippen LogP contribution in [0, 0.1) is 6.92 Å². The number of nitrogens with zero attached hydrogens (tertiary/aromatic N) is 6. The zero-order valence-electron chi connectivity index (χ0n) is 16.3. The number of hydrogen-bond acceptors (Lipinski definition) is 5. The quantitative estimate of drug-likeness (QED) is 0.628. The summed E-state index contributed by atoms with van der Waals surface area (Å²) in [4.78, 5) is 11.3. The minimum absolute atomic E-state index is 0.551. The summed E-state index contributed by atoms with van der Waals surface area (Å²) in [5, 5.41) is 14.1. The molecule has 2 fully saturated rings. The molecule has 2 aromatic heterocycles. The predicted molar refractivity (Wildman–Crippen MR) is 109 cm³/mol. The number of aromatic nitrogens is 3. The molecule has 0 radical (unpaired) electrons. The van der Waals surface area contributed by atoms with Crippen LogP contribution < -0.4 is 5.32 Å². The Balaban J connectivity index is 1.45. The first kappa shape index (κ1) is 18.4. The standard InChI is InChI=1S/C19H29N7S/c1-15-22-23-18(24(15)2)13-21-19(20-12-17-6-5-11-27-17)26-10-7-16(14-26)25-8-3-4-9-25/h5-6,11,16H,3-4,7-10,12-14H2,1-2H3,(H,20,21). The van der Waals surface area contributed by atoms with Crippen LogP contribution in [-0.4, -0.2) is 62.7 Å². The molecule has 2 aliphatic heterocycles. The first-order valence-electron chi connectivity index (χ1n) is 9.85. The van der Waals surface area contributed by atoms with Crippen molar-refractivity contribution in [2.24, 2.45) is 12.0 Å². The van der Waals surface area contributed by atoms with Gasteiger partial charge in [-0.05, 0) is 50.7 Å². The Morgan fingerprint density at radius 3 is 2.85 bits per heavy atom. The molecule has 0 bridgehead atoms. The largest absolute Gasteiger partial charge is 0.351 e. The Kier molecular flexibility index (Phi) is 5.73. The fraction of sp³-hybridized carbons (Fsp3) is 0.632. The first-order valence-corrected chi connectivity index (χ1v) is 10.7. The highest BCUT2D eigenvalue weighted by Crippen LogP contribution is 2.21. The molecule has 2 saturated heterocycles. The van der Waals surface area contributed by atoms with E-state index in [-0.39, 0.29) is 0 Å². The van der Waals surface area contributed by atoms with Gasteiger partial charge in [0, 0.05) is 31.1 Å². The maximum Gasteiger partial charge on any atom is 0.194 e. The number of hydrogen-bond donors (Lipinski definition) is 1. The van der Waals surface area contributed by atoms with Gasteiger partial charge in [0.2, 0.25) is 0 Å². The summed E-state index contributed by atoms with van der Waals surface area (Å²) in [6.45, 7) is 7.98. The molecule has 0 spiro atoms. The number of rotatable bonds is 5. The lowest BCUT2D eigenvalue weighted by Gasteiger charge is -2.25. The van der Waals surface area contributed by atoms with E-state index in [1.165, 1.54) is 37.2 Å². The van der Waals surface area contributed by atoms with Crippen LogP contribution in [0.25, 0.3) is 0 Å². The van der Waals surface area contributed by atoms with Crippen molar-refractivity contribution in [3.05, 3.63) is 34.0 Å². The molecule has 0 aliphatic carbocycles. The molecule has 27 heavy (non-hydrogen) atoms. The Morgan fingerprint density at radius 2 is 2.15 bits per heavy atom. The van der Waals surface area contributed by atoms with Gasteiger partial charge in [-0.15, -0.1) is 21.5 Å². The average Bonchev–Trinajstić information content (AvgIpc) is 3.45. The van der Waals surface area contributed by atoms with Crippen LogP contribution in [-0.2, 0) is 20.1 Å². The van der Waals surface area contributed by atoms with E-state index in [2.05, 4.69) is 42.8 Å². The van der Waals surface area contributed by atoms with E-state index >= 15 is 0 Å². The third-order valence-electron chi connectivity index (χ3n) is 5.67. The van der Waals surface area contributed by atoms with Crippen molar-refractivity contribution in [1.82, 2.24) is 29.9 Å². The molecule has 8 heteroatoms. The fourth-order valence-electron chi connectivity index (χ4n) is 3.92. The predicted octanol–water partition coefficient (Wildman–Crippen LogP) is 2.00. The van der Waals surface area contributed by atoms with Crippen molar-refractivity contribution < 1.29 is 0 Å². The van der Waals surface area contributed by atoms with Gasteiger partial charge in [0.05, 0.1) is 6.54 Å². The highest BCUT2D eigenvalue weighted by atomic mass is 32.1. The molecule has 1 atom stereocenters. The SMILES string of the molecule is Cc1nnc(CN=C(NCc2cccs2)N2CCC(N3CCCC3)C2)n1C. The van der Waals surface area contributed by atoms with Crippen LogP contribution in [0.3, 0.4) is 0 Å². The summed E-state index contributed by atoms with van der Waals surface area (Å²) in [5.74, 6) is 2.81. The fourth-order valence-corrected chi connectivity index (χ4v) is 4.56. The van der Waals surface area contributed by atoms with E-state index in [1.54, 1.807) is 11.3 Å². The minimum Gasteiger partial charge on any atom is -0.351 e. The van der Waals surface area contributed by atoms with Crippen LogP contribution in [0.1, 0.15) is 35.8 Å². The number of aliphatic imine (C=N–C) groups is 1. The lowest BCUT2D eigenvalue weighted by Crippen LogP contribution is -2.42. The Morgan fingerprint density at radius 1 is 1.30 bits per heavy atom. The molecule has 0 aromatic carbocycles. The van der Waals surface area contributed by atoms with E-state index in [9.17, 15) is 0 Å². The normalized spacial score (nSPS) is 21.3. The van der Waals surface area contributed by atoms with Crippen molar-refractivity contribution in [2.75, 3.05) is 26.2 Å². The second-order valence-corrected chi connectivity index (χ2v) is 8.46. The van der Waals surface area contributed by atoms with Gasteiger partial charge in [-0.3, -0.25) is 4.90 Å². The highest BCUT2D eigenvalue weighted by Gasteiger charge is 2.30. The first-order chi connectivity index (χ1) is 13.2. The van der Waals surface area contributed by atoms with E-state index in [0.717, 1.165) is 37.2 Å². The van der Waals surface area contributed by atoms with Crippen LogP contribution in [0.15, 0.2) is 22.5 Å². The Hall–Kier alpha value is -1.93. The molecule has 0 amide bonds. The Bertz CT molecular complexity index is 761. The van der Waals surface area contributed by atoms with Crippen LogP contribution >= 0.6 is 11.3 Å². The summed E-state index contributed by atoms with van der Waals surface area (Å²) < 4.78 is 2.01. The molecule has 4 rings (SSSR count). The van der Waals surface area contributed by atoms with E-state index in [4.69, 9.17) is 4.99 Å². The van der Waals surface area contributed by atoms with Gasteiger partial charge in [-0.1, -0.05) is 6.07 Å². The average molecular weight is 388 g/mol. The molecule has 7 nitrogen and oxygen atoms in total. The van der Waals surface area contributed by atoms with Crippen molar-refractivity contribution in [3.63, 3.8) is 0 Å². The summed E-state index contributed by atoms with van der Waals surface area (Å²) in [6.07, 6.45) is 3.92. The van der Waals surface area contributed by atoms with Crippen molar-refractivity contribution in [3.8, 4) is 0 Å².